The average Bonchev–Trinajstić information content (AvgIpc) is 3.45. The van der Waals surface area contributed by atoms with Crippen molar-refractivity contribution in [1.82, 2.24) is 9.55 Å². The van der Waals surface area contributed by atoms with Crippen molar-refractivity contribution in [3.05, 3.63) is 163 Å². The van der Waals surface area contributed by atoms with Crippen LogP contribution in [0.5, 0.6) is 0 Å². The van der Waals surface area contributed by atoms with Crippen molar-refractivity contribution in [3.8, 4) is 17.1 Å². The SMILES string of the molecule is Cc1ccccc1-n1c(-c2ccc(N(c3ccc4ccccc4c3)c3ccc4ccccc4c3)cc2)nc2ccccc21. The Hall–Kier alpha value is -5.67. The molecule has 8 rings (SSSR count). The van der Waals surface area contributed by atoms with Gasteiger partial charge in [-0.3, -0.25) is 4.57 Å². The number of anilines is 3. The summed E-state index contributed by atoms with van der Waals surface area (Å²) in [7, 11) is 0. The molecule has 8 aromatic rings. The summed E-state index contributed by atoms with van der Waals surface area (Å²) in [5.74, 6) is 0.935. The molecular formula is C40H29N3. The average molecular weight is 552 g/mol. The molecule has 0 aliphatic heterocycles. The number of aromatic nitrogens is 2. The molecule has 0 spiro atoms. The summed E-state index contributed by atoms with van der Waals surface area (Å²) in [5, 5.41) is 4.90. The zero-order valence-corrected chi connectivity index (χ0v) is 23.9. The lowest BCUT2D eigenvalue weighted by molar-refractivity contribution is 1.08. The van der Waals surface area contributed by atoms with Gasteiger partial charge < -0.3 is 4.90 Å². The van der Waals surface area contributed by atoms with Crippen LogP contribution < -0.4 is 4.90 Å². The molecule has 204 valence electrons. The number of hydrogen-bond acceptors (Lipinski definition) is 2. The van der Waals surface area contributed by atoms with E-state index in [1.54, 1.807) is 0 Å². The molecule has 0 atom stereocenters. The number of imidazole rings is 1. The first-order valence-corrected chi connectivity index (χ1v) is 14.6. The van der Waals surface area contributed by atoms with Gasteiger partial charge in [-0.05, 0) is 101 Å². The number of hydrogen-bond donors (Lipinski definition) is 0. The van der Waals surface area contributed by atoms with E-state index in [9.17, 15) is 0 Å². The van der Waals surface area contributed by atoms with Crippen LogP contribution >= 0.6 is 0 Å². The monoisotopic (exact) mass is 551 g/mol. The fraction of sp³-hybridized carbons (Fsp3) is 0.0250. The Balaban J connectivity index is 1.28. The first-order valence-electron chi connectivity index (χ1n) is 14.6. The molecular weight excluding hydrogens is 522 g/mol. The standard InChI is InChI=1S/C40H29N3/c1-28-10-2-8-16-38(28)43-39-17-9-7-15-37(39)41-40(43)31-20-22-34(23-21-31)42(35-24-18-29-11-3-5-13-32(29)26-35)36-25-19-30-12-4-6-14-33(30)27-36/h2-27H,1H3. The molecule has 0 fully saturated rings. The van der Waals surface area contributed by atoms with Crippen molar-refractivity contribution < 1.29 is 0 Å². The number of rotatable bonds is 5. The molecule has 1 aromatic heterocycles. The van der Waals surface area contributed by atoms with Crippen LogP contribution in [0.25, 0.3) is 49.7 Å². The van der Waals surface area contributed by atoms with Crippen LogP contribution in [0.4, 0.5) is 17.1 Å². The minimum atomic E-state index is 0.935. The predicted molar refractivity (Wildman–Crippen MR) is 181 cm³/mol. The summed E-state index contributed by atoms with van der Waals surface area (Å²) in [6.07, 6.45) is 0. The van der Waals surface area contributed by atoms with Gasteiger partial charge in [-0.2, -0.15) is 0 Å². The van der Waals surface area contributed by atoms with E-state index in [-0.39, 0.29) is 0 Å². The van der Waals surface area contributed by atoms with Gasteiger partial charge in [-0.1, -0.05) is 91.0 Å². The highest BCUT2D eigenvalue weighted by atomic mass is 15.1. The Labute approximate surface area is 250 Å². The van der Waals surface area contributed by atoms with Crippen molar-refractivity contribution >= 4 is 49.6 Å². The van der Waals surface area contributed by atoms with Crippen molar-refractivity contribution in [2.24, 2.45) is 0 Å². The molecule has 0 amide bonds. The van der Waals surface area contributed by atoms with Crippen molar-refractivity contribution in [3.63, 3.8) is 0 Å². The van der Waals surface area contributed by atoms with Crippen molar-refractivity contribution in [2.45, 2.75) is 6.92 Å². The predicted octanol–water partition coefficient (Wildman–Crippen LogP) is 10.8. The van der Waals surface area contributed by atoms with E-state index in [2.05, 4.69) is 174 Å². The molecule has 0 saturated carbocycles. The van der Waals surface area contributed by atoms with Gasteiger partial charge in [0.15, 0.2) is 0 Å². The maximum Gasteiger partial charge on any atom is 0.145 e. The van der Waals surface area contributed by atoms with Crippen molar-refractivity contribution in [2.75, 3.05) is 4.90 Å². The van der Waals surface area contributed by atoms with Gasteiger partial charge in [0.05, 0.1) is 16.7 Å². The van der Waals surface area contributed by atoms with Gasteiger partial charge in [0.25, 0.3) is 0 Å². The van der Waals surface area contributed by atoms with Gasteiger partial charge in [0, 0.05) is 22.6 Å². The van der Waals surface area contributed by atoms with Crippen molar-refractivity contribution in [1.29, 1.82) is 0 Å². The van der Waals surface area contributed by atoms with E-state index in [0.29, 0.717) is 0 Å². The zero-order valence-electron chi connectivity index (χ0n) is 23.9. The van der Waals surface area contributed by atoms with E-state index in [1.807, 2.05) is 0 Å². The lowest BCUT2D eigenvalue weighted by Crippen LogP contribution is -2.10. The second kappa shape index (κ2) is 10.3. The van der Waals surface area contributed by atoms with Gasteiger partial charge in [0.2, 0.25) is 0 Å². The number of benzene rings is 7. The van der Waals surface area contributed by atoms with E-state index in [0.717, 1.165) is 45.2 Å². The third kappa shape index (κ3) is 4.43. The largest absolute Gasteiger partial charge is 0.310 e. The fourth-order valence-corrected chi connectivity index (χ4v) is 6.12. The van der Waals surface area contributed by atoms with Gasteiger partial charge >= 0.3 is 0 Å². The highest BCUT2D eigenvalue weighted by Gasteiger charge is 2.18. The van der Waals surface area contributed by atoms with Crippen LogP contribution in [0.2, 0.25) is 0 Å². The first-order chi connectivity index (χ1) is 21.2. The van der Waals surface area contributed by atoms with Crippen LogP contribution in [-0.4, -0.2) is 9.55 Å². The highest BCUT2D eigenvalue weighted by molar-refractivity contribution is 5.93. The van der Waals surface area contributed by atoms with Crippen LogP contribution in [0.3, 0.4) is 0 Å². The minimum Gasteiger partial charge on any atom is -0.310 e. The smallest absolute Gasteiger partial charge is 0.145 e. The Bertz CT molecular complexity index is 2180. The molecule has 0 unspecified atom stereocenters. The molecule has 0 saturated heterocycles. The van der Waals surface area contributed by atoms with Crippen LogP contribution in [0, 0.1) is 6.92 Å². The Morgan fingerprint density at radius 3 is 1.67 bits per heavy atom. The molecule has 0 N–H and O–H groups in total. The number of nitrogens with zero attached hydrogens (tertiary/aromatic N) is 3. The molecule has 7 aromatic carbocycles. The van der Waals surface area contributed by atoms with E-state index in [4.69, 9.17) is 4.98 Å². The van der Waals surface area contributed by atoms with Crippen LogP contribution in [-0.2, 0) is 0 Å². The van der Waals surface area contributed by atoms with Crippen LogP contribution in [0.1, 0.15) is 5.56 Å². The molecule has 0 aliphatic rings. The first kappa shape index (κ1) is 25.1. The quantitative estimate of drug-likeness (QED) is 0.212. The van der Waals surface area contributed by atoms with E-state index < -0.39 is 0 Å². The molecule has 3 nitrogen and oxygen atoms in total. The zero-order chi connectivity index (χ0) is 28.8. The van der Waals surface area contributed by atoms with Gasteiger partial charge in [0.1, 0.15) is 5.82 Å². The number of fused-ring (bicyclic) bond motifs is 3. The highest BCUT2D eigenvalue weighted by Crippen LogP contribution is 2.39. The molecule has 1 heterocycles. The summed E-state index contributed by atoms with van der Waals surface area (Å²) < 4.78 is 2.28. The summed E-state index contributed by atoms with van der Waals surface area (Å²) >= 11 is 0. The Kier molecular flexibility index (Phi) is 6.01. The molecule has 0 radical (unpaired) electrons. The third-order valence-corrected chi connectivity index (χ3v) is 8.28. The second-order valence-electron chi connectivity index (χ2n) is 11.0. The maximum absolute atomic E-state index is 5.11. The van der Waals surface area contributed by atoms with E-state index in [1.165, 1.54) is 27.1 Å². The number of para-hydroxylation sites is 3. The summed E-state index contributed by atoms with van der Waals surface area (Å²) in [6.45, 7) is 2.15. The Morgan fingerprint density at radius 2 is 1.02 bits per heavy atom. The van der Waals surface area contributed by atoms with Gasteiger partial charge in [-0.15, -0.1) is 0 Å². The molecule has 0 bridgehead atoms. The minimum absolute atomic E-state index is 0.935. The topological polar surface area (TPSA) is 21.1 Å². The normalized spacial score (nSPS) is 11.4. The lowest BCUT2D eigenvalue weighted by atomic mass is 10.1. The van der Waals surface area contributed by atoms with E-state index >= 15 is 0 Å². The number of aryl methyl sites for hydroxylation is 1. The summed E-state index contributed by atoms with van der Waals surface area (Å²) in [6, 6.07) is 56.1. The summed E-state index contributed by atoms with van der Waals surface area (Å²) in [5.41, 5.74) is 8.84. The van der Waals surface area contributed by atoms with Gasteiger partial charge in [-0.25, -0.2) is 4.98 Å². The molecule has 3 heteroatoms. The fourth-order valence-electron chi connectivity index (χ4n) is 6.12. The second-order valence-corrected chi connectivity index (χ2v) is 11.0. The summed E-state index contributed by atoms with van der Waals surface area (Å²) in [4.78, 5) is 7.45. The van der Waals surface area contributed by atoms with Crippen LogP contribution in [0.15, 0.2) is 158 Å². The Morgan fingerprint density at radius 1 is 0.488 bits per heavy atom. The molecule has 43 heavy (non-hydrogen) atoms. The molecule has 0 aliphatic carbocycles. The third-order valence-electron chi connectivity index (χ3n) is 8.28. The lowest BCUT2D eigenvalue weighted by Gasteiger charge is -2.26. The maximum atomic E-state index is 5.11.